The number of aromatic nitrogens is 3. The summed E-state index contributed by atoms with van der Waals surface area (Å²) in [6.07, 6.45) is 2.58. The number of hydrogen-bond acceptors (Lipinski definition) is 4. The molecule has 2 aromatic rings. The van der Waals surface area contributed by atoms with Crippen molar-refractivity contribution in [1.29, 1.82) is 0 Å². The summed E-state index contributed by atoms with van der Waals surface area (Å²) in [7, 11) is 1.96. The maximum Gasteiger partial charge on any atom is 0.191 e. The van der Waals surface area contributed by atoms with E-state index in [1.54, 1.807) is 0 Å². The van der Waals surface area contributed by atoms with E-state index in [4.69, 9.17) is 9.73 Å². The van der Waals surface area contributed by atoms with Gasteiger partial charge in [-0.25, -0.2) is 4.99 Å². The summed E-state index contributed by atoms with van der Waals surface area (Å²) in [6.45, 7) is 6.73. The van der Waals surface area contributed by atoms with Gasteiger partial charge in [-0.05, 0) is 38.7 Å². The minimum atomic E-state index is 0.564. The van der Waals surface area contributed by atoms with Gasteiger partial charge in [-0.3, -0.25) is 0 Å². The summed E-state index contributed by atoms with van der Waals surface area (Å²) in [5.41, 5.74) is 1.10. The van der Waals surface area contributed by atoms with Gasteiger partial charge in [-0.1, -0.05) is 18.2 Å². The molecule has 0 amide bonds. The summed E-state index contributed by atoms with van der Waals surface area (Å²) < 4.78 is 7.94. The van der Waals surface area contributed by atoms with Crippen LogP contribution in [0, 0.1) is 12.8 Å². The Morgan fingerprint density at radius 2 is 2.08 bits per heavy atom. The number of aliphatic imine (C=N–C) groups is 1. The number of nitrogens with one attached hydrogen (secondary N) is 2. The highest BCUT2D eigenvalue weighted by atomic mass is 16.5. The maximum atomic E-state index is 5.97. The second-order valence-electron chi connectivity index (χ2n) is 6.63. The molecular formula is C19H28N6O. The van der Waals surface area contributed by atoms with E-state index in [1.165, 1.54) is 12.8 Å². The molecule has 2 N–H and O–H groups in total. The van der Waals surface area contributed by atoms with E-state index in [0.29, 0.717) is 13.1 Å². The summed E-state index contributed by atoms with van der Waals surface area (Å²) in [5.74, 6) is 4.19. The molecule has 0 spiro atoms. The second-order valence-corrected chi connectivity index (χ2v) is 6.63. The predicted molar refractivity (Wildman–Crippen MR) is 102 cm³/mol. The molecule has 7 nitrogen and oxygen atoms in total. The van der Waals surface area contributed by atoms with Crippen molar-refractivity contribution in [2.75, 3.05) is 13.2 Å². The highest BCUT2D eigenvalue weighted by molar-refractivity contribution is 5.79. The number of nitrogens with zero attached hydrogens (tertiary/aromatic N) is 4. The fraction of sp³-hybridized carbons (Fsp3) is 0.526. The standard InChI is InChI=1S/C19H28N6O/c1-4-20-19(22-12-18-24-23-14(2)25(18)3)21-11-16-7-5-6-8-17(16)26-13-15-9-10-15/h5-8,15H,4,9-13H2,1-3H3,(H2,20,21,22). The Hall–Kier alpha value is -2.57. The number of hydrogen-bond donors (Lipinski definition) is 2. The van der Waals surface area contributed by atoms with Crippen LogP contribution in [0.3, 0.4) is 0 Å². The SMILES string of the molecule is CCNC(=NCc1ccccc1OCC1CC1)NCc1nnc(C)n1C. The van der Waals surface area contributed by atoms with Gasteiger partial charge in [0, 0.05) is 19.2 Å². The van der Waals surface area contributed by atoms with Crippen LogP contribution in [-0.2, 0) is 20.1 Å². The van der Waals surface area contributed by atoms with Crippen molar-refractivity contribution < 1.29 is 4.74 Å². The lowest BCUT2D eigenvalue weighted by Gasteiger charge is -2.13. The van der Waals surface area contributed by atoms with Crippen molar-refractivity contribution in [2.45, 2.75) is 39.8 Å². The van der Waals surface area contributed by atoms with Crippen LogP contribution in [0.2, 0.25) is 0 Å². The molecule has 1 aromatic carbocycles. The molecule has 26 heavy (non-hydrogen) atoms. The van der Waals surface area contributed by atoms with Gasteiger partial charge in [0.05, 0.1) is 19.7 Å². The van der Waals surface area contributed by atoms with E-state index in [0.717, 1.165) is 48.0 Å². The number of ether oxygens (including phenoxy) is 1. The normalized spacial score (nSPS) is 14.3. The van der Waals surface area contributed by atoms with Crippen LogP contribution in [0.1, 0.15) is 37.0 Å². The molecule has 0 atom stereocenters. The highest BCUT2D eigenvalue weighted by Crippen LogP contribution is 2.30. The molecule has 140 valence electrons. The monoisotopic (exact) mass is 356 g/mol. The van der Waals surface area contributed by atoms with E-state index < -0.39 is 0 Å². The van der Waals surface area contributed by atoms with Crippen LogP contribution >= 0.6 is 0 Å². The van der Waals surface area contributed by atoms with E-state index >= 15 is 0 Å². The van der Waals surface area contributed by atoms with Gasteiger partial charge in [-0.15, -0.1) is 10.2 Å². The first-order chi connectivity index (χ1) is 12.7. The Bertz CT molecular complexity index is 750. The fourth-order valence-corrected chi connectivity index (χ4v) is 2.54. The zero-order valence-electron chi connectivity index (χ0n) is 15.8. The highest BCUT2D eigenvalue weighted by Gasteiger charge is 2.22. The molecule has 1 aliphatic rings. The first-order valence-corrected chi connectivity index (χ1v) is 9.25. The Balaban J connectivity index is 1.62. The van der Waals surface area contributed by atoms with E-state index in [9.17, 15) is 0 Å². The molecule has 1 heterocycles. The Morgan fingerprint density at radius 1 is 1.27 bits per heavy atom. The van der Waals surface area contributed by atoms with Crippen LogP contribution in [0.25, 0.3) is 0 Å². The van der Waals surface area contributed by atoms with Crippen LogP contribution in [0.5, 0.6) is 5.75 Å². The number of aryl methyl sites for hydroxylation is 1. The van der Waals surface area contributed by atoms with Gasteiger partial charge >= 0.3 is 0 Å². The largest absolute Gasteiger partial charge is 0.493 e. The summed E-state index contributed by atoms with van der Waals surface area (Å²) in [4.78, 5) is 4.70. The molecule has 7 heteroatoms. The van der Waals surface area contributed by atoms with Gasteiger partial charge in [0.1, 0.15) is 11.6 Å². The van der Waals surface area contributed by atoms with Crippen LogP contribution < -0.4 is 15.4 Å². The lowest BCUT2D eigenvalue weighted by Crippen LogP contribution is -2.37. The lowest BCUT2D eigenvalue weighted by atomic mass is 10.2. The molecule has 1 saturated carbocycles. The van der Waals surface area contributed by atoms with Gasteiger partial charge in [-0.2, -0.15) is 0 Å². The molecule has 0 radical (unpaired) electrons. The Morgan fingerprint density at radius 3 is 2.77 bits per heavy atom. The van der Waals surface area contributed by atoms with Crippen LogP contribution in [0.4, 0.5) is 0 Å². The smallest absolute Gasteiger partial charge is 0.191 e. The summed E-state index contributed by atoms with van der Waals surface area (Å²) in [5, 5.41) is 14.8. The van der Waals surface area contributed by atoms with Gasteiger partial charge in [0.25, 0.3) is 0 Å². The zero-order chi connectivity index (χ0) is 18.4. The number of rotatable bonds is 8. The predicted octanol–water partition coefficient (Wildman–Crippen LogP) is 2.17. The quantitative estimate of drug-likeness (QED) is 0.560. The third-order valence-corrected chi connectivity index (χ3v) is 4.49. The first kappa shape index (κ1) is 18.2. The Kier molecular flexibility index (Phi) is 6.09. The van der Waals surface area contributed by atoms with E-state index in [1.807, 2.05) is 36.7 Å². The molecule has 0 unspecified atom stereocenters. The van der Waals surface area contributed by atoms with Gasteiger partial charge in [0.2, 0.25) is 0 Å². The van der Waals surface area contributed by atoms with Crippen molar-refractivity contribution in [1.82, 2.24) is 25.4 Å². The third kappa shape index (κ3) is 4.97. The zero-order valence-corrected chi connectivity index (χ0v) is 15.8. The summed E-state index contributed by atoms with van der Waals surface area (Å²) in [6, 6.07) is 8.13. The third-order valence-electron chi connectivity index (χ3n) is 4.49. The molecule has 1 aliphatic carbocycles. The van der Waals surface area contributed by atoms with E-state index in [2.05, 4.69) is 33.8 Å². The minimum Gasteiger partial charge on any atom is -0.493 e. The molecule has 3 rings (SSSR count). The van der Waals surface area contributed by atoms with Crippen molar-refractivity contribution in [3.8, 4) is 5.75 Å². The number of guanidine groups is 1. The van der Waals surface area contributed by atoms with Crippen molar-refractivity contribution in [2.24, 2.45) is 18.0 Å². The second kappa shape index (κ2) is 8.69. The molecule has 1 fully saturated rings. The topological polar surface area (TPSA) is 76.4 Å². The molecule has 0 saturated heterocycles. The molecule has 0 aliphatic heterocycles. The molecule has 0 bridgehead atoms. The minimum absolute atomic E-state index is 0.564. The van der Waals surface area contributed by atoms with Crippen molar-refractivity contribution in [3.63, 3.8) is 0 Å². The molecular weight excluding hydrogens is 328 g/mol. The first-order valence-electron chi connectivity index (χ1n) is 9.25. The number of benzene rings is 1. The van der Waals surface area contributed by atoms with Gasteiger partial charge in [0.15, 0.2) is 11.8 Å². The van der Waals surface area contributed by atoms with E-state index in [-0.39, 0.29) is 0 Å². The maximum absolute atomic E-state index is 5.97. The lowest BCUT2D eigenvalue weighted by molar-refractivity contribution is 0.297. The molecule has 1 aromatic heterocycles. The van der Waals surface area contributed by atoms with Crippen molar-refractivity contribution in [3.05, 3.63) is 41.5 Å². The fourth-order valence-electron chi connectivity index (χ4n) is 2.54. The van der Waals surface area contributed by atoms with Crippen molar-refractivity contribution >= 4 is 5.96 Å². The van der Waals surface area contributed by atoms with Gasteiger partial charge < -0.3 is 19.9 Å². The Labute approximate surface area is 154 Å². The average Bonchev–Trinajstić information content (AvgIpc) is 3.43. The number of para-hydroxylation sites is 1. The average molecular weight is 356 g/mol. The van der Waals surface area contributed by atoms with Crippen LogP contribution in [-0.4, -0.2) is 33.9 Å². The summed E-state index contributed by atoms with van der Waals surface area (Å²) >= 11 is 0. The van der Waals surface area contributed by atoms with Crippen LogP contribution in [0.15, 0.2) is 29.3 Å².